The van der Waals surface area contributed by atoms with Gasteiger partial charge in [0.15, 0.2) is 24.4 Å². The lowest BCUT2D eigenvalue weighted by atomic mass is 9.90. The number of carboxylic acid groups (broad SMARTS) is 1. The Morgan fingerprint density at radius 3 is 1.85 bits per heavy atom. The van der Waals surface area contributed by atoms with Crippen molar-refractivity contribution in [2.45, 2.75) is 110 Å². The Hall–Kier alpha value is -6.33. The Bertz CT molecular complexity index is 2090. The number of ether oxygens (including phenoxy) is 5. The van der Waals surface area contributed by atoms with E-state index < -0.39 is 91.0 Å². The smallest absolute Gasteiger partial charge is 0.407 e. The van der Waals surface area contributed by atoms with Gasteiger partial charge in [0, 0.05) is 32.4 Å². The van der Waals surface area contributed by atoms with Gasteiger partial charge < -0.3 is 49.8 Å². The SMILES string of the molecule is CC(=O)O[C@@H]1[C@@H](OC(C)=O)[C@H](OC(C)=O)C(C(=O)O)O[C@H]1CCc1cc(NC(=O)C(C)NC(=O)C(NC(=O)OCC2c3ccccc3-c3ccccc32)C(C)C)ccc1CO. The van der Waals surface area contributed by atoms with Crippen LogP contribution in [0.25, 0.3) is 11.1 Å². The fraction of sp³-hybridized carbons (Fsp3) is 0.432. The number of aliphatic carboxylic acids is 1. The molecule has 3 aromatic carbocycles. The summed E-state index contributed by atoms with van der Waals surface area (Å²) in [4.78, 5) is 88.3. The first-order valence-corrected chi connectivity index (χ1v) is 19.8. The van der Waals surface area contributed by atoms with Crippen molar-refractivity contribution >= 4 is 47.5 Å². The van der Waals surface area contributed by atoms with Crippen LogP contribution < -0.4 is 16.0 Å². The number of anilines is 1. The molecule has 0 aromatic heterocycles. The van der Waals surface area contributed by atoms with Gasteiger partial charge in [0.2, 0.25) is 11.8 Å². The van der Waals surface area contributed by atoms with Gasteiger partial charge in [-0.15, -0.1) is 0 Å². The van der Waals surface area contributed by atoms with Crippen LogP contribution in [0.2, 0.25) is 0 Å². The zero-order valence-corrected chi connectivity index (χ0v) is 34.7. The Kier molecular flexibility index (Phi) is 15.2. The van der Waals surface area contributed by atoms with Gasteiger partial charge in [0.1, 0.15) is 18.7 Å². The molecule has 326 valence electrons. The lowest BCUT2D eigenvalue weighted by molar-refractivity contribution is -0.248. The number of hydrogen-bond acceptors (Lipinski definition) is 13. The van der Waals surface area contributed by atoms with E-state index in [9.17, 15) is 43.8 Å². The number of carboxylic acids is 1. The summed E-state index contributed by atoms with van der Waals surface area (Å²) in [5.74, 6) is -5.83. The van der Waals surface area contributed by atoms with Gasteiger partial charge in [-0.3, -0.25) is 24.0 Å². The lowest BCUT2D eigenvalue weighted by Crippen LogP contribution is -2.63. The van der Waals surface area contributed by atoms with E-state index in [1.165, 1.54) is 13.0 Å². The molecule has 5 rings (SSSR count). The number of aliphatic hydroxyl groups is 1. The second-order valence-corrected chi connectivity index (χ2v) is 15.2. The van der Waals surface area contributed by atoms with E-state index in [0.717, 1.165) is 43.0 Å². The van der Waals surface area contributed by atoms with Crippen LogP contribution in [0.1, 0.15) is 76.1 Å². The van der Waals surface area contributed by atoms with Crippen molar-refractivity contribution in [2.75, 3.05) is 11.9 Å². The van der Waals surface area contributed by atoms with Gasteiger partial charge in [0.25, 0.3) is 0 Å². The van der Waals surface area contributed by atoms with Crippen LogP contribution >= 0.6 is 0 Å². The molecule has 7 atom stereocenters. The summed E-state index contributed by atoms with van der Waals surface area (Å²) in [6.07, 6.45) is -8.32. The number of carbonyl (C=O) groups excluding carboxylic acids is 6. The van der Waals surface area contributed by atoms with Crippen molar-refractivity contribution < 1.29 is 67.5 Å². The molecule has 3 aromatic rings. The molecule has 1 aliphatic carbocycles. The molecule has 1 saturated heterocycles. The molecule has 0 saturated carbocycles. The maximum Gasteiger partial charge on any atom is 0.407 e. The number of benzene rings is 3. The second-order valence-electron chi connectivity index (χ2n) is 15.2. The molecule has 1 fully saturated rings. The molecule has 17 nitrogen and oxygen atoms in total. The highest BCUT2D eigenvalue weighted by molar-refractivity contribution is 5.98. The Labute approximate surface area is 352 Å². The number of carbonyl (C=O) groups is 7. The molecule has 3 unspecified atom stereocenters. The Morgan fingerprint density at radius 2 is 1.30 bits per heavy atom. The largest absolute Gasteiger partial charge is 0.479 e. The monoisotopic (exact) mass is 845 g/mol. The minimum atomic E-state index is -1.80. The van der Waals surface area contributed by atoms with Crippen molar-refractivity contribution in [1.29, 1.82) is 0 Å². The highest BCUT2D eigenvalue weighted by atomic mass is 16.7. The highest BCUT2D eigenvalue weighted by Crippen LogP contribution is 2.44. The van der Waals surface area contributed by atoms with Crippen molar-refractivity contribution in [3.8, 4) is 11.1 Å². The summed E-state index contributed by atoms with van der Waals surface area (Å²) in [6, 6.07) is 18.4. The predicted molar refractivity (Wildman–Crippen MR) is 217 cm³/mol. The third kappa shape index (κ3) is 11.3. The fourth-order valence-corrected chi connectivity index (χ4v) is 7.64. The number of rotatable bonds is 16. The minimum Gasteiger partial charge on any atom is -0.479 e. The van der Waals surface area contributed by atoms with Crippen LogP contribution in [0.3, 0.4) is 0 Å². The van der Waals surface area contributed by atoms with Crippen LogP contribution in [0, 0.1) is 5.92 Å². The average Bonchev–Trinajstić information content (AvgIpc) is 3.52. The molecular formula is C44H51N3O14. The first-order valence-electron chi connectivity index (χ1n) is 19.8. The summed E-state index contributed by atoms with van der Waals surface area (Å²) in [7, 11) is 0. The predicted octanol–water partition coefficient (Wildman–Crippen LogP) is 3.77. The molecule has 0 radical (unpaired) electrons. The number of aryl methyl sites for hydroxylation is 1. The minimum absolute atomic E-state index is 0.0452. The van der Waals surface area contributed by atoms with E-state index in [1.807, 2.05) is 48.5 Å². The molecule has 0 bridgehead atoms. The molecule has 1 heterocycles. The van der Waals surface area contributed by atoms with Gasteiger partial charge in [-0.2, -0.15) is 0 Å². The van der Waals surface area contributed by atoms with E-state index in [0.29, 0.717) is 11.1 Å². The molecular weight excluding hydrogens is 794 g/mol. The van der Waals surface area contributed by atoms with E-state index >= 15 is 0 Å². The molecule has 17 heteroatoms. The van der Waals surface area contributed by atoms with E-state index in [-0.39, 0.29) is 37.0 Å². The van der Waals surface area contributed by atoms with Gasteiger partial charge in [-0.05, 0) is 71.2 Å². The molecule has 3 amide bonds. The number of fused-ring (bicyclic) bond motifs is 3. The Morgan fingerprint density at radius 1 is 0.721 bits per heavy atom. The molecule has 0 spiro atoms. The van der Waals surface area contributed by atoms with Gasteiger partial charge >= 0.3 is 30.0 Å². The fourth-order valence-electron chi connectivity index (χ4n) is 7.64. The van der Waals surface area contributed by atoms with E-state index in [2.05, 4.69) is 16.0 Å². The van der Waals surface area contributed by atoms with Crippen molar-refractivity contribution in [2.24, 2.45) is 5.92 Å². The number of hydrogen-bond donors (Lipinski definition) is 5. The number of nitrogens with one attached hydrogen (secondary N) is 3. The maximum absolute atomic E-state index is 13.4. The van der Waals surface area contributed by atoms with Crippen molar-refractivity contribution in [3.05, 3.63) is 89.0 Å². The average molecular weight is 846 g/mol. The first-order chi connectivity index (χ1) is 29.0. The summed E-state index contributed by atoms with van der Waals surface area (Å²) in [5, 5.41) is 28.1. The van der Waals surface area contributed by atoms with Crippen molar-refractivity contribution in [1.82, 2.24) is 10.6 Å². The first kappa shape index (κ1) is 45.7. The summed E-state index contributed by atoms with van der Waals surface area (Å²) >= 11 is 0. The summed E-state index contributed by atoms with van der Waals surface area (Å²) in [5.41, 5.74) is 5.45. The maximum atomic E-state index is 13.4. The summed E-state index contributed by atoms with van der Waals surface area (Å²) in [6.45, 7) is 7.78. The number of esters is 3. The van der Waals surface area contributed by atoms with Crippen LogP contribution in [-0.4, -0.2) is 101 Å². The number of alkyl carbamates (subject to hydrolysis) is 1. The molecule has 1 aliphatic heterocycles. The van der Waals surface area contributed by atoms with E-state index in [1.54, 1.807) is 26.0 Å². The van der Waals surface area contributed by atoms with Crippen LogP contribution in [0.15, 0.2) is 66.7 Å². The zero-order valence-electron chi connectivity index (χ0n) is 34.7. The van der Waals surface area contributed by atoms with Gasteiger partial charge in [0.05, 0.1) is 12.7 Å². The van der Waals surface area contributed by atoms with Gasteiger partial charge in [-0.1, -0.05) is 68.4 Å². The molecule has 5 N–H and O–H groups in total. The third-order valence-electron chi connectivity index (χ3n) is 10.4. The topological polar surface area (TPSA) is 242 Å². The zero-order chi connectivity index (χ0) is 44.5. The van der Waals surface area contributed by atoms with E-state index in [4.69, 9.17) is 23.7 Å². The van der Waals surface area contributed by atoms with Crippen LogP contribution in [0.5, 0.6) is 0 Å². The quantitative estimate of drug-likeness (QED) is 0.102. The molecule has 61 heavy (non-hydrogen) atoms. The molecule has 2 aliphatic rings. The van der Waals surface area contributed by atoms with Crippen LogP contribution in [-0.2, 0) is 65.5 Å². The summed E-state index contributed by atoms with van der Waals surface area (Å²) < 4.78 is 27.5. The second kappa shape index (κ2) is 20.3. The lowest BCUT2D eigenvalue weighted by Gasteiger charge is -2.43. The van der Waals surface area contributed by atoms with Crippen molar-refractivity contribution in [3.63, 3.8) is 0 Å². The third-order valence-corrected chi connectivity index (χ3v) is 10.4. The van der Waals surface area contributed by atoms with Crippen LogP contribution in [0.4, 0.5) is 10.5 Å². The normalized spacial score (nSPS) is 20.2. The van der Waals surface area contributed by atoms with Gasteiger partial charge in [-0.25, -0.2) is 9.59 Å². The number of amides is 3. The number of aliphatic hydroxyl groups excluding tert-OH is 1. The highest BCUT2D eigenvalue weighted by Gasteiger charge is 2.54. The standard InChI is InChI=1S/C44H51N3O14/c1-22(2)36(47-44(56)57-21-34-32-13-9-7-11-30(32)31-12-8-10-14-33(31)34)42(53)45-23(3)41(52)46-29-17-15-28(20-48)27(19-29)16-18-35-37(58-24(4)49)38(59-25(5)50)39(60-26(6)51)40(61-35)43(54)55/h7-15,17,19,22-23,34-40,48H,16,18,20-21H2,1-6H3,(H,45,53)(H,46,52)(H,47,56)(H,54,55)/t23?,35-,36?,37-,38+,39-,40?/m0/s1. The Balaban J connectivity index is 1.22.